The number of aliphatic carboxylic acids is 1. The molecule has 0 spiro atoms. The van der Waals surface area contributed by atoms with E-state index in [-0.39, 0.29) is 33.6 Å². The number of aromatic nitrogens is 2. The second-order valence-electron chi connectivity index (χ2n) is 8.23. The number of nitrogens with zero attached hydrogens (tertiary/aromatic N) is 3. The molecule has 7 nitrogen and oxygen atoms in total. The van der Waals surface area contributed by atoms with Crippen LogP contribution >= 0.6 is 23.2 Å². The van der Waals surface area contributed by atoms with Crippen LogP contribution in [0, 0.1) is 11.7 Å². The zero-order valence-electron chi connectivity index (χ0n) is 18.9. The van der Waals surface area contributed by atoms with Gasteiger partial charge in [-0.1, -0.05) is 47.5 Å². The van der Waals surface area contributed by atoms with Crippen LogP contribution in [0.15, 0.2) is 47.5 Å². The molecule has 3 aromatic rings. The Morgan fingerprint density at radius 3 is 2.66 bits per heavy atom. The molecule has 0 aliphatic carbocycles. The third-order valence-corrected chi connectivity index (χ3v) is 8.38. The highest BCUT2D eigenvalue weighted by molar-refractivity contribution is 7.93. The quantitative estimate of drug-likeness (QED) is 0.427. The predicted octanol–water partition coefficient (Wildman–Crippen LogP) is 5.36. The first-order valence-electron chi connectivity index (χ1n) is 10.8. The number of aryl methyl sites for hydroxylation is 1. The number of rotatable bonds is 6. The Morgan fingerprint density at radius 2 is 2.03 bits per heavy atom. The van der Waals surface area contributed by atoms with Crippen LogP contribution in [0.3, 0.4) is 0 Å². The second-order valence-corrected chi connectivity index (χ2v) is 10.8. The Morgan fingerprint density at radius 1 is 1.29 bits per heavy atom. The van der Waals surface area contributed by atoms with Crippen molar-refractivity contribution in [3.63, 3.8) is 0 Å². The van der Waals surface area contributed by atoms with Crippen LogP contribution in [-0.2, 0) is 27.8 Å². The number of carboxylic acids is 1. The van der Waals surface area contributed by atoms with Crippen molar-refractivity contribution in [3.05, 3.63) is 75.3 Å². The third-order valence-electron chi connectivity index (χ3n) is 5.90. The summed E-state index contributed by atoms with van der Waals surface area (Å²) in [4.78, 5) is 11.6. The van der Waals surface area contributed by atoms with Gasteiger partial charge < -0.3 is 5.11 Å². The van der Waals surface area contributed by atoms with E-state index in [0.717, 1.165) is 4.31 Å². The molecule has 0 bridgehead atoms. The van der Waals surface area contributed by atoms with E-state index in [1.807, 2.05) is 0 Å². The number of sulfonamides is 1. The molecule has 1 aliphatic heterocycles. The highest BCUT2D eigenvalue weighted by Crippen LogP contribution is 2.37. The largest absolute Gasteiger partial charge is 0.481 e. The minimum absolute atomic E-state index is 0.167. The van der Waals surface area contributed by atoms with Crippen LogP contribution in [0.1, 0.15) is 30.5 Å². The van der Waals surface area contributed by atoms with Gasteiger partial charge in [-0.15, -0.1) is 0 Å². The van der Waals surface area contributed by atoms with Crippen LogP contribution in [0.5, 0.6) is 0 Å². The Labute approximate surface area is 212 Å². The molecule has 1 N–H and O–H groups in total. The van der Waals surface area contributed by atoms with E-state index in [9.17, 15) is 22.7 Å². The molecule has 0 saturated carbocycles. The Balaban J connectivity index is 1.83. The van der Waals surface area contributed by atoms with Crippen molar-refractivity contribution in [2.24, 2.45) is 5.92 Å². The number of carbonyl (C=O) groups is 1. The van der Waals surface area contributed by atoms with Gasteiger partial charge in [-0.3, -0.25) is 13.8 Å². The molecule has 2 aromatic carbocycles. The smallest absolute Gasteiger partial charge is 0.308 e. The molecule has 1 aliphatic rings. The van der Waals surface area contributed by atoms with Crippen molar-refractivity contribution in [1.29, 1.82) is 0 Å². The van der Waals surface area contributed by atoms with E-state index in [4.69, 9.17) is 23.2 Å². The highest BCUT2D eigenvalue weighted by atomic mass is 35.5. The van der Waals surface area contributed by atoms with Gasteiger partial charge in [0.05, 0.1) is 16.6 Å². The molecule has 184 valence electrons. The lowest BCUT2D eigenvalue weighted by molar-refractivity contribution is -0.141. The summed E-state index contributed by atoms with van der Waals surface area (Å²) in [6.07, 6.45) is 3.19. The maximum Gasteiger partial charge on any atom is 0.308 e. The fourth-order valence-corrected chi connectivity index (χ4v) is 6.43. The second kappa shape index (κ2) is 9.64. The first-order valence-corrected chi connectivity index (χ1v) is 13.0. The van der Waals surface area contributed by atoms with Crippen LogP contribution in [0.4, 0.5) is 10.1 Å². The number of carboxylic acid groups (broad SMARTS) is 1. The molecular formula is C24H22Cl2FN3O4S. The number of hydrogen-bond donors (Lipinski definition) is 1. The van der Waals surface area contributed by atoms with E-state index >= 15 is 0 Å². The van der Waals surface area contributed by atoms with Crippen molar-refractivity contribution in [2.45, 2.75) is 31.7 Å². The molecule has 1 unspecified atom stereocenters. The molecule has 2 heterocycles. The summed E-state index contributed by atoms with van der Waals surface area (Å²) < 4.78 is 44.1. The summed E-state index contributed by atoms with van der Waals surface area (Å²) in [5.41, 5.74) is 2.30. The van der Waals surface area contributed by atoms with Gasteiger partial charge in [-0.25, -0.2) is 12.8 Å². The average molecular weight is 538 g/mol. The van der Waals surface area contributed by atoms with Crippen LogP contribution in [0.25, 0.3) is 11.6 Å². The number of fused-ring (bicyclic) bond motifs is 1. The maximum atomic E-state index is 14.4. The first-order chi connectivity index (χ1) is 16.5. The third kappa shape index (κ3) is 4.80. The van der Waals surface area contributed by atoms with Crippen molar-refractivity contribution < 1.29 is 22.7 Å². The Kier molecular flexibility index (Phi) is 6.95. The molecule has 1 aromatic heterocycles. The molecule has 4 rings (SSSR count). The first kappa shape index (κ1) is 25.2. The standard InChI is InChI=1S/C24H22Cl2FN3O4S/c1-3-29-13-21(23(26)28-29)35(33,34)30-12-17(24(31)32)11-16-8-7-15(10-20(16)30)9-14(2)22-18(25)5-4-6-19(22)27/h4-10,13,17H,3,11-12H2,1-2H3,(H,31,32). The number of hydrogen-bond acceptors (Lipinski definition) is 4. The van der Waals surface area contributed by atoms with Gasteiger partial charge >= 0.3 is 5.97 Å². The normalized spacial score (nSPS) is 16.3. The Hall–Kier alpha value is -2.88. The van der Waals surface area contributed by atoms with Gasteiger partial charge in [0.1, 0.15) is 10.7 Å². The topological polar surface area (TPSA) is 92.5 Å². The van der Waals surface area contributed by atoms with Gasteiger partial charge in [-0.2, -0.15) is 5.10 Å². The minimum Gasteiger partial charge on any atom is -0.481 e. The summed E-state index contributed by atoms with van der Waals surface area (Å²) in [5, 5.41) is 13.7. The summed E-state index contributed by atoms with van der Waals surface area (Å²) >= 11 is 12.3. The zero-order valence-corrected chi connectivity index (χ0v) is 21.2. The van der Waals surface area contributed by atoms with E-state index in [1.54, 1.807) is 44.2 Å². The van der Waals surface area contributed by atoms with Crippen molar-refractivity contribution in [1.82, 2.24) is 9.78 Å². The summed E-state index contributed by atoms with van der Waals surface area (Å²) in [6, 6.07) is 9.47. The molecule has 35 heavy (non-hydrogen) atoms. The molecular weight excluding hydrogens is 516 g/mol. The number of benzene rings is 2. The fourth-order valence-electron chi connectivity index (χ4n) is 4.13. The van der Waals surface area contributed by atoms with Crippen LogP contribution < -0.4 is 4.31 Å². The molecule has 1 atom stereocenters. The molecule has 0 fully saturated rings. The van der Waals surface area contributed by atoms with Gasteiger partial charge in [0.25, 0.3) is 10.0 Å². The van der Waals surface area contributed by atoms with Gasteiger partial charge in [0, 0.05) is 24.8 Å². The zero-order chi connectivity index (χ0) is 25.5. The lowest BCUT2D eigenvalue weighted by Gasteiger charge is -2.33. The molecule has 11 heteroatoms. The van der Waals surface area contributed by atoms with E-state index < -0.39 is 27.7 Å². The monoisotopic (exact) mass is 537 g/mol. The van der Waals surface area contributed by atoms with Crippen LogP contribution in [0.2, 0.25) is 10.2 Å². The fraction of sp³-hybridized carbons (Fsp3) is 0.250. The average Bonchev–Trinajstić information content (AvgIpc) is 3.19. The van der Waals surface area contributed by atoms with E-state index in [0.29, 0.717) is 28.9 Å². The van der Waals surface area contributed by atoms with Crippen LogP contribution in [-0.4, -0.2) is 35.8 Å². The maximum absolute atomic E-state index is 14.4. The van der Waals surface area contributed by atoms with E-state index in [1.165, 1.54) is 23.0 Å². The van der Waals surface area contributed by atoms with Gasteiger partial charge in [-0.05, 0) is 55.2 Å². The summed E-state index contributed by atoms with van der Waals surface area (Å²) in [7, 11) is -4.22. The minimum atomic E-state index is -4.22. The Bertz CT molecular complexity index is 1430. The number of halogens is 3. The molecule has 0 radical (unpaired) electrons. The van der Waals surface area contributed by atoms with Crippen molar-refractivity contribution >= 4 is 56.5 Å². The summed E-state index contributed by atoms with van der Waals surface area (Å²) in [5.74, 6) is -2.50. The molecule has 0 saturated heterocycles. The van der Waals surface area contributed by atoms with Crippen molar-refractivity contribution in [2.75, 3.05) is 10.8 Å². The SMILES string of the molecule is CCn1cc(S(=O)(=O)N2CC(C(=O)O)Cc3ccc(C=C(C)c4c(F)cccc4Cl)cc32)c(Cl)n1. The number of allylic oxidation sites excluding steroid dienone is 1. The van der Waals surface area contributed by atoms with Gasteiger partial charge in [0.2, 0.25) is 0 Å². The van der Waals surface area contributed by atoms with Crippen molar-refractivity contribution in [3.8, 4) is 0 Å². The van der Waals surface area contributed by atoms with Gasteiger partial charge in [0.15, 0.2) is 5.15 Å². The number of anilines is 1. The lowest BCUT2D eigenvalue weighted by Crippen LogP contribution is -2.42. The predicted molar refractivity (Wildman–Crippen MR) is 134 cm³/mol. The summed E-state index contributed by atoms with van der Waals surface area (Å²) in [6.45, 7) is 3.65. The lowest BCUT2D eigenvalue weighted by atomic mass is 9.92. The highest BCUT2D eigenvalue weighted by Gasteiger charge is 2.38. The van der Waals surface area contributed by atoms with E-state index in [2.05, 4.69) is 5.10 Å². The molecule has 0 amide bonds.